The van der Waals surface area contributed by atoms with E-state index in [0.29, 0.717) is 22.6 Å². The molecular weight excluding hydrogens is 395 g/mol. The molecule has 2 atom stereocenters. The van der Waals surface area contributed by atoms with Crippen molar-refractivity contribution in [1.29, 1.82) is 0 Å². The topological polar surface area (TPSA) is 99.4 Å². The Hall–Kier alpha value is -3.99. The zero-order chi connectivity index (χ0) is 21.4. The first-order valence-corrected chi connectivity index (χ1v) is 10.0. The number of pyridine rings is 1. The smallest absolute Gasteiger partial charge is 0.296 e. The summed E-state index contributed by atoms with van der Waals surface area (Å²) >= 11 is 0. The minimum atomic E-state index is -0.319. The third kappa shape index (κ3) is 3.44. The van der Waals surface area contributed by atoms with Crippen LogP contribution in [-0.2, 0) is 4.79 Å². The van der Waals surface area contributed by atoms with Crippen LogP contribution in [0, 0.1) is 17.7 Å². The van der Waals surface area contributed by atoms with E-state index in [1.54, 1.807) is 31.6 Å². The van der Waals surface area contributed by atoms with Crippen molar-refractivity contribution in [3.63, 3.8) is 0 Å². The van der Waals surface area contributed by atoms with E-state index in [0.717, 1.165) is 29.5 Å². The fourth-order valence-electron chi connectivity index (χ4n) is 4.02. The van der Waals surface area contributed by atoms with Crippen molar-refractivity contribution >= 4 is 17.1 Å². The van der Waals surface area contributed by atoms with Gasteiger partial charge in [-0.1, -0.05) is 18.1 Å². The highest BCUT2D eigenvalue weighted by atomic mass is 19.1. The summed E-state index contributed by atoms with van der Waals surface area (Å²) in [4.78, 5) is 23.9. The average molecular weight is 414 g/mol. The lowest BCUT2D eigenvalue weighted by molar-refractivity contribution is -0.117. The molecule has 8 heteroatoms. The zero-order valence-electron chi connectivity index (χ0n) is 16.7. The number of nitrogens with one attached hydrogen (secondary N) is 3. The van der Waals surface area contributed by atoms with Crippen LogP contribution in [0.15, 0.2) is 42.9 Å². The molecule has 0 bridgehead atoms. The molecule has 2 unspecified atom stereocenters. The quantitative estimate of drug-likeness (QED) is 0.445. The van der Waals surface area contributed by atoms with E-state index in [1.807, 2.05) is 12.1 Å². The maximum atomic E-state index is 15.1. The van der Waals surface area contributed by atoms with Crippen LogP contribution in [-0.4, -0.2) is 37.1 Å². The van der Waals surface area contributed by atoms with Crippen LogP contribution in [0.1, 0.15) is 31.2 Å². The molecule has 1 amide bonds. The van der Waals surface area contributed by atoms with Gasteiger partial charge in [0.25, 0.3) is 5.91 Å². The number of aromatic nitrogens is 5. The van der Waals surface area contributed by atoms with Gasteiger partial charge in [-0.2, -0.15) is 5.10 Å². The highest BCUT2D eigenvalue weighted by Gasteiger charge is 2.34. The highest BCUT2D eigenvalue weighted by molar-refractivity contribution is 5.94. The largest absolute Gasteiger partial charge is 0.342 e. The van der Waals surface area contributed by atoms with Gasteiger partial charge < -0.3 is 10.3 Å². The van der Waals surface area contributed by atoms with Crippen LogP contribution < -0.4 is 5.32 Å². The first kappa shape index (κ1) is 19.0. The van der Waals surface area contributed by atoms with E-state index in [2.05, 4.69) is 42.3 Å². The van der Waals surface area contributed by atoms with Crippen molar-refractivity contribution in [3.8, 4) is 34.4 Å². The fourth-order valence-corrected chi connectivity index (χ4v) is 4.02. The number of fused-ring (bicyclic) bond motifs is 1. The minimum absolute atomic E-state index is 0.0489. The average Bonchev–Trinajstić information content (AvgIpc) is 3.42. The van der Waals surface area contributed by atoms with Crippen molar-refractivity contribution in [2.45, 2.75) is 31.7 Å². The Bertz CT molecular complexity index is 1330. The summed E-state index contributed by atoms with van der Waals surface area (Å²) in [6.45, 7) is 1.61. The normalized spacial score (nSPS) is 17.6. The van der Waals surface area contributed by atoms with E-state index >= 15 is 4.39 Å². The molecule has 3 N–H and O–H groups in total. The molecule has 3 heterocycles. The van der Waals surface area contributed by atoms with Gasteiger partial charge in [0.2, 0.25) is 0 Å². The molecule has 4 aromatic rings. The number of rotatable bonds is 4. The molecule has 1 saturated carbocycles. The minimum Gasteiger partial charge on any atom is -0.342 e. The lowest BCUT2D eigenvalue weighted by atomic mass is 9.74. The van der Waals surface area contributed by atoms with Crippen LogP contribution in [0.4, 0.5) is 4.39 Å². The Balaban J connectivity index is 1.46. The first-order valence-electron chi connectivity index (χ1n) is 10.0. The third-order valence-electron chi connectivity index (χ3n) is 5.70. The predicted octanol–water partition coefficient (Wildman–Crippen LogP) is 3.54. The fraction of sp³-hybridized carbons (Fsp3) is 0.217. The number of hydrogen-bond acceptors (Lipinski definition) is 4. The molecule has 3 aromatic heterocycles. The van der Waals surface area contributed by atoms with Crippen molar-refractivity contribution in [3.05, 3.63) is 54.2 Å². The molecule has 0 spiro atoms. The maximum Gasteiger partial charge on any atom is 0.296 e. The standard InChI is InChI=1S/C23H19FN6O/c1-2-3-20(31)28-19-7-6-17(19)16-5-4-13(10-18(16)24)15-8-9-25-23-21(15)29-22(30-23)14-11-26-27-12-14/h4-5,8-12,17,19H,6-7H2,1H3,(H,26,27)(H,28,31)(H,25,29,30). The van der Waals surface area contributed by atoms with E-state index in [9.17, 15) is 4.79 Å². The number of carbonyl (C=O) groups is 1. The highest BCUT2D eigenvalue weighted by Crippen LogP contribution is 2.39. The van der Waals surface area contributed by atoms with Crippen LogP contribution in [0.5, 0.6) is 0 Å². The van der Waals surface area contributed by atoms with Crippen LogP contribution in [0.2, 0.25) is 0 Å². The van der Waals surface area contributed by atoms with E-state index < -0.39 is 0 Å². The summed E-state index contributed by atoms with van der Waals surface area (Å²) in [6, 6.07) is 6.95. The number of halogens is 1. The molecule has 1 aliphatic carbocycles. The molecule has 7 nitrogen and oxygen atoms in total. The molecule has 1 fully saturated rings. The lowest BCUT2D eigenvalue weighted by Crippen LogP contribution is -2.45. The summed E-state index contributed by atoms with van der Waals surface area (Å²) in [5, 5.41) is 9.58. The van der Waals surface area contributed by atoms with Crippen LogP contribution in [0.25, 0.3) is 33.7 Å². The number of amides is 1. The van der Waals surface area contributed by atoms with Crippen molar-refractivity contribution in [2.75, 3.05) is 0 Å². The SMILES string of the molecule is CC#CC(=O)NC1CCC1c1ccc(-c2ccnc3[nH]c(-c4cn[nH]c4)nc23)cc1F. The first-order chi connectivity index (χ1) is 15.1. The van der Waals surface area contributed by atoms with E-state index in [1.165, 1.54) is 6.07 Å². The Kier molecular flexibility index (Phi) is 4.71. The number of H-pyrrole nitrogens is 2. The number of imidazole rings is 1. The molecule has 1 aromatic carbocycles. The number of aromatic amines is 2. The second-order valence-electron chi connectivity index (χ2n) is 7.50. The van der Waals surface area contributed by atoms with Crippen molar-refractivity contribution < 1.29 is 9.18 Å². The van der Waals surface area contributed by atoms with Gasteiger partial charge >= 0.3 is 0 Å². The Morgan fingerprint density at radius 1 is 1.26 bits per heavy atom. The third-order valence-corrected chi connectivity index (χ3v) is 5.70. The molecule has 0 aliphatic heterocycles. The molecule has 31 heavy (non-hydrogen) atoms. The molecule has 5 rings (SSSR count). The number of nitrogens with zero attached hydrogens (tertiary/aromatic N) is 3. The second-order valence-corrected chi connectivity index (χ2v) is 7.50. The molecular formula is C23H19FN6O. The summed E-state index contributed by atoms with van der Waals surface area (Å²) < 4.78 is 15.1. The number of hydrogen-bond donors (Lipinski definition) is 3. The van der Waals surface area contributed by atoms with E-state index in [4.69, 9.17) is 0 Å². The van der Waals surface area contributed by atoms with Crippen LogP contribution in [0.3, 0.4) is 0 Å². The van der Waals surface area contributed by atoms with Gasteiger partial charge in [0.1, 0.15) is 17.2 Å². The zero-order valence-corrected chi connectivity index (χ0v) is 16.7. The monoisotopic (exact) mass is 414 g/mol. The van der Waals surface area contributed by atoms with Gasteiger partial charge in [-0.3, -0.25) is 9.89 Å². The number of benzene rings is 1. The van der Waals surface area contributed by atoms with E-state index in [-0.39, 0.29) is 23.7 Å². The predicted molar refractivity (Wildman–Crippen MR) is 114 cm³/mol. The summed E-state index contributed by atoms with van der Waals surface area (Å²) in [7, 11) is 0. The Morgan fingerprint density at radius 3 is 2.87 bits per heavy atom. The molecule has 154 valence electrons. The number of carbonyl (C=O) groups excluding carboxylic acids is 1. The summed E-state index contributed by atoms with van der Waals surface area (Å²) in [5.41, 5.74) is 4.22. The Morgan fingerprint density at radius 2 is 2.16 bits per heavy atom. The van der Waals surface area contributed by atoms with Gasteiger partial charge in [-0.05, 0) is 48.9 Å². The van der Waals surface area contributed by atoms with Gasteiger partial charge in [-0.15, -0.1) is 0 Å². The Labute approximate surface area is 177 Å². The molecule has 1 aliphatic rings. The van der Waals surface area contributed by atoms with Gasteiger partial charge in [0.05, 0.1) is 11.8 Å². The van der Waals surface area contributed by atoms with Crippen LogP contribution >= 0.6 is 0 Å². The van der Waals surface area contributed by atoms with Gasteiger partial charge in [0.15, 0.2) is 5.65 Å². The van der Waals surface area contributed by atoms with Gasteiger partial charge in [0, 0.05) is 29.9 Å². The summed E-state index contributed by atoms with van der Waals surface area (Å²) in [6.07, 6.45) is 6.73. The lowest BCUT2D eigenvalue weighted by Gasteiger charge is -2.37. The molecule has 0 radical (unpaired) electrons. The molecule has 0 saturated heterocycles. The summed E-state index contributed by atoms with van der Waals surface area (Å²) in [5.74, 6) is 5.04. The van der Waals surface area contributed by atoms with Crippen molar-refractivity contribution in [1.82, 2.24) is 30.5 Å². The second kappa shape index (κ2) is 7.69. The van der Waals surface area contributed by atoms with Gasteiger partial charge in [-0.25, -0.2) is 14.4 Å². The maximum absolute atomic E-state index is 15.1. The van der Waals surface area contributed by atoms with Crippen molar-refractivity contribution in [2.24, 2.45) is 0 Å².